The third-order valence-electron chi connectivity index (χ3n) is 4.11. The smallest absolute Gasteiger partial charge is 0.128 e. The molecular formula is C15H25N3O2. The van der Waals surface area contributed by atoms with Gasteiger partial charge in [-0.3, -0.25) is 0 Å². The quantitative estimate of drug-likeness (QED) is 0.860. The third-order valence-corrected chi connectivity index (χ3v) is 4.11. The highest BCUT2D eigenvalue weighted by atomic mass is 16.5. The standard InChI is InChI=1S/C15H25N3O2/c1-4-20-15(6-9-19-10-7-15)13(17-3)12-11(2)5-8-18-14(12)16/h5,8,13,17H,4,6-7,9-10H2,1-3H3,(H2,16,18). The highest BCUT2D eigenvalue weighted by Gasteiger charge is 2.42. The molecule has 1 fully saturated rings. The van der Waals surface area contributed by atoms with Gasteiger partial charge in [-0.15, -0.1) is 0 Å². The lowest BCUT2D eigenvalue weighted by molar-refractivity contribution is -0.127. The molecular weight excluding hydrogens is 254 g/mol. The van der Waals surface area contributed by atoms with Crippen molar-refractivity contribution in [2.24, 2.45) is 0 Å². The predicted octanol–water partition coefficient (Wildman–Crippen LogP) is 1.82. The molecule has 5 heteroatoms. The molecule has 0 bridgehead atoms. The lowest BCUT2D eigenvalue weighted by Crippen LogP contribution is -2.49. The van der Waals surface area contributed by atoms with Crippen LogP contribution >= 0.6 is 0 Å². The van der Waals surface area contributed by atoms with E-state index in [1.807, 2.05) is 20.0 Å². The lowest BCUT2D eigenvalue weighted by atomic mass is 9.81. The molecule has 0 saturated carbocycles. The van der Waals surface area contributed by atoms with E-state index in [9.17, 15) is 0 Å². The number of nitrogens with two attached hydrogens (primary N) is 1. The van der Waals surface area contributed by atoms with Gasteiger partial charge < -0.3 is 20.5 Å². The van der Waals surface area contributed by atoms with Crippen molar-refractivity contribution in [2.75, 3.05) is 32.6 Å². The third kappa shape index (κ3) is 2.80. The number of nitrogens with one attached hydrogen (secondary N) is 1. The summed E-state index contributed by atoms with van der Waals surface area (Å²) in [7, 11) is 1.95. The first-order valence-corrected chi connectivity index (χ1v) is 7.24. The normalized spacial score (nSPS) is 19.8. The minimum Gasteiger partial charge on any atom is -0.383 e. The van der Waals surface area contributed by atoms with Gasteiger partial charge in [0.15, 0.2) is 0 Å². The Morgan fingerprint density at radius 2 is 2.20 bits per heavy atom. The molecule has 0 aliphatic carbocycles. The maximum atomic E-state index is 6.16. The van der Waals surface area contributed by atoms with Crippen LogP contribution in [0.2, 0.25) is 0 Å². The van der Waals surface area contributed by atoms with E-state index in [4.69, 9.17) is 15.2 Å². The van der Waals surface area contributed by atoms with Crippen molar-refractivity contribution >= 4 is 5.82 Å². The average molecular weight is 279 g/mol. The second-order valence-corrected chi connectivity index (χ2v) is 5.26. The zero-order valence-corrected chi connectivity index (χ0v) is 12.6. The van der Waals surface area contributed by atoms with Crippen LogP contribution in [0.15, 0.2) is 12.3 Å². The van der Waals surface area contributed by atoms with Gasteiger partial charge in [-0.2, -0.15) is 0 Å². The molecule has 112 valence electrons. The van der Waals surface area contributed by atoms with E-state index in [-0.39, 0.29) is 11.6 Å². The Morgan fingerprint density at radius 3 is 2.75 bits per heavy atom. The molecule has 1 unspecified atom stereocenters. The Labute approximate surface area is 120 Å². The van der Waals surface area contributed by atoms with Gasteiger partial charge in [-0.25, -0.2) is 4.98 Å². The van der Waals surface area contributed by atoms with Crippen molar-refractivity contribution in [1.82, 2.24) is 10.3 Å². The summed E-state index contributed by atoms with van der Waals surface area (Å²) in [5.74, 6) is 0.579. The fourth-order valence-electron chi connectivity index (χ4n) is 3.16. The molecule has 5 nitrogen and oxygen atoms in total. The van der Waals surface area contributed by atoms with Crippen molar-refractivity contribution in [3.63, 3.8) is 0 Å². The number of likely N-dealkylation sites (N-methyl/N-ethyl adjacent to an activating group) is 1. The number of ether oxygens (including phenoxy) is 2. The van der Waals surface area contributed by atoms with Gasteiger partial charge in [-0.05, 0) is 32.5 Å². The van der Waals surface area contributed by atoms with Crippen LogP contribution in [0, 0.1) is 6.92 Å². The Kier molecular flexibility index (Phi) is 4.96. The summed E-state index contributed by atoms with van der Waals surface area (Å²) >= 11 is 0. The van der Waals surface area contributed by atoms with E-state index >= 15 is 0 Å². The number of hydrogen-bond acceptors (Lipinski definition) is 5. The molecule has 1 aromatic heterocycles. The molecule has 2 heterocycles. The van der Waals surface area contributed by atoms with Crippen LogP contribution in [0.1, 0.15) is 36.9 Å². The van der Waals surface area contributed by atoms with Gasteiger partial charge in [0.25, 0.3) is 0 Å². The van der Waals surface area contributed by atoms with Crippen molar-refractivity contribution in [1.29, 1.82) is 0 Å². The predicted molar refractivity (Wildman–Crippen MR) is 79.6 cm³/mol. The number of pyridine rings is 1. The molecule has 0 radical (unpaired) electrons. The van der Waals surface area contributed by atoms with Gasteiger partial charge in [0.2, 0.25) is 0 Å². The van der Waals surface area contributed by atoms with E-state index < -0.39 is 0 Å². The van der Waals surface area contributed by atoms with Gasteiger partial charge in [0.1, 0.15) is 5.82 Å². The molecule has 3 N–H and O–H groups in total. The van der Waals surface area contributed by atoms with Crippen LogP contribution < -0.4 is 11.1 Å². The molecule has 20 heavy (non-hydrogen) atoms. The molecule has 1 saturated heterocycles. The zero-order chi connectivity index (χ0) is 14.6. The summed E-state index contributed by atoms with van der Waals surface area (Å²) in [5, 5.41) is 3.39. The summed E-state index contributed by atoms with van der Waals surface area (Å²) in [6.07, 6.45) is 3.47. The first-order valence-electron chi connectivity index (χ1n) is 7.24. The van der Waals surface area contributed by atoms with Crippen molar-refractivity contribution in [3.8, 4) is 0 Å². The lowest BCUT2D eigenvalue weighted by Gasteiger charge is -2.43. The van der Waals surface area contributed by atoms with Crippen LogP contribution in [0.5, 0.6) is 0 Å². The molecule has 0 amide bonds. The van der Waals surface area contributed by atoms with E-state index in [1.165, 1.54) is 0 Å². The monoisotopic (exact) mass is 279 g/mol. The molecule has 1 aromatic rings. The fourth-order valence-corrected chi connectivity index (χ4v) is 3.16. The van der Waals surface area contributed by atoms with E-state index in [0.29, 0.717) is 12.4 Å². The summed E-state index contributed by atoms with van der Waals surface area (Å²) in [5.41, 5.74) is 8.04. The number of rotatable bonds is 5. The summed E-state index contributed by atoms with van der Waals surface area (Å²) in [6, 6.07) is 2.02. The number of aromatic nitrogens is 1. The Hall–Kier alpha value is -1.17. The summed E-state index contributed by atoms with van der Waals surface area (Å²) in [6.45, 7) is 6.21. The molecule has 1 aliphatic heterocycles. The van der Waals surface area contributed by atoms with Gasteiger partial charge in [0, 0.05) is 44.4 Å². The minimum atomic E-state index is -0.274. The molecule has 0 spiro atoms. The number of nitrogen functional groups attached to an aromatic ring is 1. The van der Waals surface area contributed by atoms with E-state index in [1.54, 1.807) is 6.20 Å². The molecule has 1 aliphatic rings. The second-order valence-electron chi connectivity index (χ2n) is 5.26. The number of anilines is 1. The van der Waals surface area contributed by atoms with Crippen LogP contribution in [0.3, 0.4) is 0 Å². The maximum absolute atomic E-state index is 6.16. The largest absolute Gasteiger partial charge is 0.383 e. The Morgan fingerprint density at radius 1 is 1.50 bits per heavy atom. The van der Waals surface area contributed by atoms with Gasteiger partial charge >= 0.3 is 0 Å². The van der Waals surface area contributed by atoms with Crippen LogP contribution in [0.25, 0.3) is 0 Å². The van der Waals surface area contributed by atoms with Crippen LogP contribution in [-0.4, -0.2) is 37.5 Å². The van der Waals surface area contributed by atoms with Crippen molar-refractivity contribution in [2.45, 2.75) is 38.3 Å². The number of hydrogen-bond donors (Lipinski definition) is 2. The SMILES string of the molecule is CCOC1(C(NC)c2c(C)ccnc2N)CCOCC1. The highest BCUT2D eigenvalue weighted by molar-refractivity contribution is 5.47. The zero-order valence-electron chi connectivity index (χ0n) is 12.6. The molecule has 1 atom stereocenters. The fraction of sp³-hybridized carbons (Fsp3) is 0.667. The Balaban J connectivity index is 2.42. The van der Waals surface area contributed by atoms with E-state index in [0.717, 1.165) is 37.2 Å². The average Bonchev–Trinajstić information content (AvgIpc) is 2.44. The molecule has 2 rings (SSSR count). The van der Waals surface area contributed by atoms with E-state index in [2.05, 4.69) is 17.2 Å². The minimum absolute atomic E-state index is 0.0278. The van der Waals surface area contributed by atoms with Crippen molar-refractivity contribution in [3.05, 3.63) is 23.4 Å². The van der Waals surface area contributed by atoms with Gasteiger partial charge in [0.05, 0.1) is 11.6 Å². The molecule has 0 aromatic carbocycles. The first-order chi connectivity index (χ1) is 9.64. The van der Waals surface area contributed by atoms with Gasteiger partial charge in [-0.1, -0.05) is 0 Å². The Bertz CT molecular complexity index is 419. The van der Waals surface area contributed by atoms with Crippen LogP contribution in [-0.2, 0) is 9.47 Å². The summed E-state index contributed by atoms with van der Waals surface area (Å²) in [4.78, 5) is 4.25. The summed E-state index contributed by atoms with van der Waals surface area (Å²) < 4.78 is 11.7. The maximum Gasteiger partial charge on any atom is 0.128 e. The van der Waals surface area contributed by atoms with Crippen LogP contribution in [0.4, 0.5) is 5.82 Å². The number of nitrogens with zero attached hydrogens (tertiary/aromatic N) is 1. The van der Waals surface area contributed by atoms with Crippen molar-refractivity contribution < 1.29 is 9.47 Å². The topological polar surface area (TPSA) is 69.4 Å². The highest BCUT2D eigenvalue weighted by Crippen LogP contribution is 2.40. The number of aryl methyl sites for hydroxylation is 1. The second kappa shape index (κ2) is 6.52. The first kappa shape index (κ1) is 15.2.